The van der Waals surface area contributed by atoms with E-state index in [2.05, 4.69) is 56.6 Å². The fourth-order valence-electron chi connectivity index (χ4n) is 6.14. The van der Waals surface area contributed by atoms with E-state index in [0.717, 1.165) is 0 Å². The van der Waals surface area contributed by atoms with Crippen molar-refractivity contribution in [2.45, 2.75) is 87.8 Å². The standard InChI is InChI=1S/C28H41FN6O7S2Si/c1-16(2)45(17(3)4,18(5)6)42-23-20(14-40-44(31,37)38)41-27(22(23)29)35-25-21(24(30)32-15-33-25)26(34-35)43-13-12-39-28(36)19-10-8-7-9-11-19/h7-11,15-18,20,22-23,27H,12-14H2,1-6H3,(H2,30,32,33)(H2,31,37,38)/t20-,22+,23-,27-/m1/s1. The van der Waals surface area contributed by atoms with Gasteiger partial charge in [0.15, 0.2) is 18.0 Å². The second kappa shape index (κ2) is 14.4. The van der Waals surface area contributed by atoms with Gasteiger partial charge in [0.1, 0.15) is 36.0 Å². The number of carbonyl (C=O) groups excluding carboxylic acids is 1. The van der Waals surface area contributed by atoms with E-state index in [4.69, 9.17) is 29.0 Å². The maximum absolute atomic E-state index is 16.7. The Hall–Kier alpha value is -2.67. The molecule has 45 heavy (non-hydrogen) atoms. The normalized spacial score (nSPS) is 21.0. The summed E-state index contributed by atoms with van der Waals surface area (Å²) in [5.74, 6) is -0.0290. The number of ether oxygens (including phenoxy) is 2. The molecule has 0 amide bonds. The minimum absolute atomic E-state index is 0.0706. The lowest BCUT2D eigenvalue weighted by molar-refractivity contribution is -0.0448. The number of fused-ring (bicyclic) bond motifs is 1. The highest BCUT2D eigenvalue weighted by molar-refractivity contribution is 7.99. The fraction of sp³-hybridized carbons (Fsp3) is 0.571. The molecule has 1 aliphatic heterocycles. The molecule has 0 unspecified atom stereocenters. The fourth-order valence-corrected chi connectivity index (χ4v) is 12.9. The summed E-state index contributed by atoms with van der Waals surface area (Å²) in [6, 6.07) is 8.61. The van der Waals surface area contributed by atoms with Gasteiger partial charge in [-0.15, -0.1) is 11.8 Å². The van der Waals surface area contributed by atoms with Crippen molar-refractivity contribution in [1.29, 1.82) is 0 Å². The van der Waals surface area contributed by atoms with Gasteiger partial charge in [0.2, 0.25) is 8.32 Å². The minimum atomic E-state index is -4.35. The zero-order valence-corrected chi connectivity index (χ0v) is 28.8. The molecule has 3 aromatic rings. The molecule has 1 fully saturated rings. The summed E-state index contributed by atoms with van der Waals surface area (Å²) in [5.41, 5.74) is 7.19. The van der Waals surface area contributed by atoms with Crippen molar-refractivity contribution in [2.75, 3.05) is 24.7 Å². The molecule has 248 valence electrons. The van der Waals surface area contributed by atoms with Gasteiger partial charge in [-0.3, -0.25) is 4.18 Å². The largest absolute Gasteiger partial charge is 0.461 e. The van der Waals surface area contributed by atoms with Crippen LogP contribution in [-0.4, -0.2) is 79.8 Å². The molecule has 1 aromatic carbocycles. The summed E-state index contributed by atoms with van der Waals surface area (Å²) >= 11 is 1.23. The van der Waals surface area contributed by atoms with Crippen molar-refractivity contribution in [3.8, 4) is 0 Å². The number of nitrogen functional groups attached to an aromatic ring is 1. The Kier molecular flexibility index (Phi) is 11.3. The van der Waals surface area contributed by atoms with Crippen LogP contribution in [0.2, 0.25) is 16.6 Å². The van der Waals surface area contributed by atoms with Crippen LogP contribution < -0.4 is 10.9 Å². The molecule has 4 atom stereocenters. The molecule has 0 spiro atoms. The van der Waals surface area contributed by atoms with Crippen LogP contribution in [-0.2, 0) is 28.4 Å². The maximum atomic E-state index is 16.7. The number of benzene rings is 1. The van der Waals surface area contributed by atoms with Crippen LogP contribution in [0.4, 0.5) is 10.2 Å². The molecule has 13 nitrogen and oxygen atoms in total. The monoisotopic (exact) mass is 684 g/mol. The van der Waals surface area contributed by atoms with E-state index < -0.39 is 55.8 Å². The lowest BCUT2D eigenvalue weighted by atomic mass is 10.1. The van der Waals surface area contributed by atoms with Gasteiger partial charge in [0.25, 0.3) is 0 Å². The molecular weight excluding hydrogens is 644 g/mol. The Morgan fingerprint density at radius 2 is 1.76 bits per heavy atom. The van der Waals surface area contributed by atoms with Crippen LogP contribution in [0.5, 0.6) is 0 Å². The molecule has 0 radical (unpaired) electrons. The molecule has 2 aromatic heterocycles. The third kappa shape index (κ3) is 7.66. The van der Waals surface area contributed by atoms with Crippen molar-refractivity contribution in [2.24, 2.45) is 5.14 Å². The number of carbonyl (C=O) groups is 1. The number of aromatic nitrogens is 4. The first-order valence-corrected chi connectivity index (χ1v) is 19.2. The van der Waals surface area contributed by atoms with Crippen LogP contribution in [0.1, 0.15) is 58.1 Å². The van der Waals surface area contributed by atoms with Gasteiger partial charge >= 0.3 is 16.3 Å². The Balaban J connectivity index is 1.63. The Bertz CT molecular complexity index is 1560. The lowest BCUT2D eigenvalue weighted by Gasteiger charge is -2.44. The molecule has 1 saturated heterocycles. The van der Waals surface area contributed by atoms with Crippen LogP contribution >= 0.6 is 11.8 Å². The molecule has 4 rings (SSSR count). The van der Waals surface area contributed by atoms with Crippen molar-refractivity contribution >= 4 is 53.2 Å². The summed E-state index contributed by atoms with van der Waals surface area (Å²) in [6.07, 6.45) is -4.21. The number of hydrogen-bond donors (Lipinski definition) is 2. The van der Waals surface area contributed by atoms with E-state index >= 15 is 4.39 Å². The third-order valence-corrected chi connectivity index (χ3v) is 15.5. The topological polar surface area (TPSA) is 184 Å². The number of esters is 1. The first-order valence-electron chi connectivity index (χ1n) is 14.7. The van der Waals surface area contributed by atoms with Gasteiger partial charge < -0.3 is 19.6 Å². The molecule has 17 heteroatoms. The number of halogens is 1. The average molecular weight is 685 g/mol. The number of rotatable bonds is 14. The van der Waals surface area contributed by atoms with Crippen molar-refractivity contribution in [3.63, 3.8) is 0 Å². The van der Waals surface area contributed by atoms with E-state index in [1.54, 1.807) is 30.3 Å². The molecule has 3 heterocycles. The maximum Gasteiger partial charge on any atom is 0.338 e. The number of thioether (sulfide) groups is 1. The first kappa shape index (κ1) is 35.2. The number of anilines is 1. The summed E-state index contributed by atoms with van der Waals surface area (Å²) in [7, 11) is -7.02. The van der Waals surface area contributed by atoms with Crippen LogP contribution in [0, 0.1) is 0 Å². The van der Waals surface area contributed by atoms with Gasteiger partial charge in [0.05, 0.1) is 17.6 Å². The van der Waals surface area contributed by atoms with Crippen LogP contribution in [0.3, 0.4) is 0 Å². The van der Waals surface area contributed by atoms with Crippen molar-refractivity contribution < 1.29 is 35.7 Å². The SMILES string of the molecule is CC(C)[Si](O[C@H]1[C@H](F)[C@H](n2nc(SCCOC(=O)c3ccccc3)c3c(N)ncnc32)O[C@@H]1COS(N)(=O)=O)(C(C)C)C(C)C. The summed E-state index contributed by atoms with van der Waals surface area (Å²) < 4.78 is 64.5. The zero-order valence-electron chi connectivity index (χ0n) is 26.1. The number of nitrogens with two attached hydrogens (primary N) is 2. The van der Waals surface area contributed by atoms with Gasteiger partial charge in [-0.05, 0) is 28.8 Å². The highest BCUT2D eigenvalue weighted by atomic mass is 32.2. The van der Waals surface area contributed by atoms with Gasteiger partial charge in [-0.25, -0.2) is 29.0 Å². The predicted molar refractivity (Wildman–Crippen MR) is 171 cm³/mol. The number of nitrogens with zero attached hydrogens (tertiary/aromatic N) is 4. The Morgan fingerprint density at radius 3 is 2.36 bits per heavy atom. The summed E-state index contributed by atoms with van der Waals surface area (Å²) in [4.78, 5) is 20.7. The highest BCUT2D eigenvalue weighted by Gasteiger charge is 2.55. The number of alkyl halides is 1. The Labute approximate surface area is 267 Å². The van der Waals surface area contributed by atoms with Crippen LogP contribution in [0.15, 0.2) is 41.7 Å². The Morgan fingerprint density at radius 1 is 1.11 bits per heavy atom. The first-order chi connectivity index (χ1) is 21.2. The quantitative estimate of drug-likeness (QED) is 0.106. The van der Waals surface area contributed by atoms with E-state index in [9.17, 15) is 13.2 Å². The number of hydrogen-bond acceptors (Lipinski definition) is 12. The van der Waals surface area contributed by atoms with E-state index in [1.807, 2.05) is 0 Å². The third-order valence-electron chi connectivity index (χ3n) is 8.00. The zero-order chi connectivity index (χ0) is 33.1. The molecule has 0 saturated carbocycles. The second-order valence-electron chi connectivity index (χ2n) is 11.7. The molecule has 0 aliphatic carbocycles. The average Bonchev–Trinajstić information content (AvgIpc) is 3.49. The van der Waals surface area contributed by atoms with Gasteiger partial charge in [-0.2, -0.15) is 13.5 Å². The van der Waals surface area contributed by atoms with Crippen LogP contribution in [0.25, 0.3) is 11.0 Å². The summed E-state index contributed by atoms with van der Waals surface area (Å²) in [5, 5.41) is 10.5. The minimum Gasteiger partial charge on any atom is -0.461 e. The molecule has 1 aliphatic rings. The lowest BCUT2D eigenvalue weighted by Crippen LogP contribution is -2.53. The van der Waals surface area contributed by atoms with E-state index in [1.165, 1.54) is 22.8 Å². The molecular formula is C28H41FN6O7S2Si. The summed E-state index contributed by atoms with van der Waals surface area (Å²) in [6.45, 7) is 11.9. The molecule has 4 N–H and O–H groups in total. The van der Waals surface area contributed by atoms with Gasteiger partial charge in [0, 0.05) is 5.75 Å². The van der Waals surface area contributed by atoms with E-state index in [-0.39, 0.29) is 34.7 Å². The van der Waals surface area contributed by atoms with E-state index in [0.29, 0.717) is 21.7 Å². The smallest absolute Gasteiger partial charge is 0.338 e. The second-order valence-corrected chi connectivity index (χ2v) is 19.5. The van der Waals surface area contributed by atoms with Crippen molar-refractivity contribution in [3.05, 3.63) is 42.2 Å². The molecule has 0 bridgehead atoms. The predicted octanol–water partition coefficient (Wildman–Crippen LogP) is 4.37. The highest BCUT2D eigenvalue weighted by Crippen LogP contribution is 2.47. The van der Waals surface area contributed by atoms with Gasteiger partial charge in [-0.1, -0.05) is 59.7 Å². The van der Waals surface area contributed by atoms with Crippen molar-refractivity contribution in [1.82, 2.24) is 19.7 Å².